The minimum atomic E-state index is 1.26. The lowest BCUT2D eigenvalue weighted by Crippen LogP contribution is -1.66. The summed E-state index contributed by atoms with van der Waals surface area (Å²) in [6.45, 7) is 2.20. The Hall–Kier alpha value is -0.490. The summed E-state index contributed by atoms with van der Waals surface area (Å²) in [5.41, 5.74) is 0. The largest absolute Gasteiger partial charge is 0.245 e. The minimum Gasteiger partial charge on any atom is -0.245 e. The molecule has 0 saturated heterocycles. The lowest BCUT2D eigenvalue weighted by atomic mass is 10.4. The molecule has 0 fully saturated rings. The van der Waals surface area contributed by atoms with Crippen molar-refractivity contribution in [2.24, 2.45) is 0 Å². The summed E-state index contributed by atoms with van der Waals surface area (Å²) in [4.78, 5) is 7.35. The molecule has 0 aliphatic carbocycles. The number of aromatic nitrogens is 2. The molecular weight excluding hydrogens is 155 g/mol. The number of hydrogen-bond donors (Lipinski definition) is 0. The Kier molecular flexibility index (Phi) is 9.09. The van der Waals surface area contributed by atoms with E-state index >= 15 is 0 Å². The fourth-order valence-corrected chi connectivity index (χ4v) is 0.866. The van der Waals surface area contributed by atoms with Crippen LogP contribution in [0.1, 0.15) is 19.8 Å². The fourth-order valence-electron chi connectivity index (χ4n) is 0.457. The molecule has 0 aliphatic rings. The average Bonchev–Trinajstić information content (AvgIpc) is 2.10. The van der Waals surface area contributed by atoms with Gasteiger partial charge < -0.3 is 0 Å². The van der Waals surface area contributed by atoms with Crippen LogP contribution in [0.25, 0.3) is 0 Å². The number of nitrogens with zero attached hydrogens (tertiary/aromatic N) is 2. The molecule has 11 heavy (non-hydrogen) atoms. The summed E-state index contributed by atoms with van der Waals surface area (Å²) in [6, 6.07) is 1.78. The topological polar surface area (TPSA) is 25.8 Å². The molecule has 62 valence electrons. The van der Waals surface area contributed by atoms with Gasteiger partial charge in [-0.1, -0.05) is 19.8 Å². The van der Waals surface area contributed by atoms with Crippen molar-refractivity contribution in [1.82, 2.24) is 9.97 Å². The summed E-state index contributed by atoms with van der Waals surface area (Å²) in [7, 11) is 2.70. The van der Waals surface area contributed by atoms with Crippen molar-refractivity contribution in [3.8, 4) is 0 Å². The van der Waals surface area contributed by atoms with E-state index in [1.807, 2.05) is 0 Å². The monoisotopic (exact) mass is 170 g/mol. The predicted molar refractivity (Wildman–Crippen MR) is 51.5 cm³/mol. The van der Waals surface area contributed by atoms with E-state index in [0.29, 0.717) is 0 Å². The van der Waals surface area contributed by atoms with Crippen molar-refractivity contribution < 1.29 is 0 Å². The normalized spacial score (nSPS) is 8.18. The number of rotatable bonds is 2. The van der Waals surface area contributed by atoms with Crippen molar-refractivity contribution in [3.05, 3.63) is 24.8 Å². The van der Waals surface area contributed by atoms with Crippen LogP contribution in [0.15, 0.2) is 24.8 Å². The van der Waals surface area contributed by atoms with Gasteiger partial charge in [0.1, 0.15) is 6.33 Å². The van der Waals surface area contributed by atoms with E-state index in [-0.39, 0.29) is 0 Å². The maximum absolute atomic E-state index is 3.67. The van der Waals surface area contributed by atoms with Gasteiger partial charge >= 0.3 is 0 Å². The van der Waals surface area contributed by atoms with Gasteiger partial charge in [0.25, 0.3) is 0 Å². The van der Waals surface area contributed by atoms with Crippen LogP contribution < -0.4 is 0 Å². The molecule has 0 amide bonds. The first kappa shape index (κ1) is 10.5. The molecular formula is C8H15N2P. The van der Waals surface area contributed by atoms with Gasteiger partial charge in [0.2, 0.25) is 0 Å². The molecule has 0 N–H and O–H groups in total. The van der Waals surface area contributed by atoms with E-state index in [0.717, 1.165) is 0 Å². The van der Waals surface area contributed by atoms with Crippen molar-refractivity contribution >= 4 is 9.24 Å². The average molecular weight is 170 g/mol. The summed E-state index contributed by atoms with van der Waals surface area (Å²) in [5, 5.41) is 0. The standard InChI is InChI=1S/C4H4N2.C4H11P/c1-2-5-4-6-3-1;1-2-3-4-5/h1-4H;2-5H2,1H3. The van der Waals surface area contributed by atoms with Crippen LogP contribution in [0.5, 0.6) is 0 Å². The lowest BCUT2D eigenvalue weighted by Gasteiger charge is -1.79. The molecule has 0 bridgehead atoms. The zero-order valence-corrected chi connectivity index (χ0v) is 8.06. The molecule has 3 heteroatoms. The summed E-state index contributed by atoms with van der Waals surface area (Å²) in [5.74, 6) is 0. The third kappa shape index (κ3) is 9.51. The Labute approximate surface area is 70.7 Å². The van der Waals surface area contributed by atoms with E-state index in [1.54, 1.807) is 18.5 Å². The van der Waals surface area contributed by atoms with Gasteiger partial charge in [-0.15, -0.1) is 9.24 Å². The Bertz CT molecular complexity index is 115. The first-order valence-electron chi connectivity index (χ1n) is 3.81. The SMILES string of the molecule is CCCCP.c1cncnc1. The third-order valence-corrected chi connectivity index (χ3v) is 1.44. The highest BCUT2D eigenvalue weighted by atomic mass is 31.0. The summed E-state index contributed by atoms with van der Waals surface area (Å²) in [6.07, 6.45) is 8.81. The van der Waals surface area contributed by atoms with Gasteiger partial charge in [0.05, 0.1) is 0 Å². The molecule has 1 aromatic heterocycles. The van der Waals surface area contributed by atoms with Gasteiger partial charge in [0.15, 0.2) is 0 Å². The van der Waals surface area contributed by atoms with Crippen molar-refractivity contribution in [3.63, 3.8) is 0 Å². The van der Waals surface area contributed by atoms with Crippen LogP contribution in [0.3, 0.4) is 0 Å². The zero-order valence-electron chi connectivity index (χ0n) is 6.90. The van der Waals surface area contributed by atoms with Crippen LogP contribution >= 0.6 is 9.24 Å². The lowest BCUT2D eigenvalue weighted by molar-refractivity contribution is 0.897. The summed E-state index contributed by atoms with van der Waals surface area (Å²) < 4.78 is 0. The molecule has 2 nitrogen and oxygen atoms in total. The highest BCUT2D eigenvalue weighted by molar-refractivity contribution is 7.16. The molecule has 1 rings (SSSR count). The van der Waals surface area contributed by atoms with E-state index in [1.165, 1.54) is 25.3 Å². The van der Waals surface area contributed by atoms with Crippen molar-refractivity contribution in [2.75, 3.05) is 6.16 Å². The predicted octanol–water partition coefficient (Wildman–Crippen LogP) is 2.14. The number of unbranched alkanes of at least 4 members (excludes halogenated alkanes) is 1. The molecule has 0 spiro atoms. The van der Waals surface area contributed by atoms with Gasteiger partial charge in [0, 0.05) is 12.4 Å². The van der Waals surface area contributed by atoms with Gasteiger partial charge in [-0.3, -0.25) is 0 Å². The van der Waals surface area contributed by atoms with Gasteiger partial charge in [-0.05, 0) is 12.2 Å². The smallest absolute Gasteiger partial charge is 0.115 e. The Morgan fingerprint density at radius 2 is 1.91 bits per heavy atom. The first-order valence-corrected chi connectivity index (χ1v) is 4.63. The van der Waals surface area contributed by atoms with E-state index < -0.39 is 0 Å². The molecule has 1 unspecified atom stereocenters. The van der Waals surface area contributed by atoms with Crippen LogP contribution in [-0.2, 0) is 0 Å². The highest BCUT2D eigenvalue weighted by Crippen LogP contribution is 1.89. The van der Waals surface area contributed by atoms with Crippen LogP contribution in [-0.4, -0.2) is 16.1 Å². The van der Waals surface area contributed by atoms with E-state index in [9.17, 15) is 0 Å². The van der Waals surface area contributed by atoms with Gasteiger partial charge in [-0.25, -0.2) is 9.97 Å². The molecule has 1 aromatic rings. The second kappa shape index (κ2) is 9.51. The van der Waals surface area contributed by atoms with Crippen molar-refractivity contribution in [1.29, 1.82) is 0 Å². The Morgan fingerprint density at radius 3 is 2.00 bits per heavy atom. The molecule has 0 saturated carbocycles. The number of hydrogen-bond acceptors (Lipinski definition) is 2. The van der Waals surface area contributed by atoms with Crippen LogP contribution in [0, 0.1) is 0 Å². The quantitative estimate of drug-likeness (QED) is 0.635. The Morgan fingerprint density at radius 1 is 1.27 bits per heavy atom. The first-order chi connectivity index (χ1) is 5.41. The Balaban J connectivity index is 0.000000187. The van der Waals surface area contributed by atoms with Crippen molar-refractivity contribution in [2.45, 2.75) is 19.8 Å². The van der Waals surface area contributed by atoms with Crippen LogP contribution in [0.2, 0.25) is 0 Å². The molecule has 0 radical (unpaired) electrons. The van der Waals surface area contributed by atoms with Gasteiger partial charge in [-0.2, -0.15) is 0 Å². The second-order valence-corrected chi connectivity index (χ2v) is 2.62. The molecule has 1 atom stereocenters. The van der Waals surface area contributed by atoms with Crippen LogP contribution in [0.4, 0.5) is 0 Å². The summed E-state index contributed by atoms with van der Waals surface area (Å²) >= 11 is 0. The maximum Gasteiger partial charge on any atom is 0.115 e. The zero-order chi connectivity index (χ0) is 8.36. The molecule has 0 aromatic carbocycles. The fraction of sp³-hybridized carbons (Fsp3) is 0.500. The third-order valence-electron chi connectivity index (χ3n) is 1.04. The molecule has 0 aliphatic heterocycles. The second-order valence-electron chi connectivity index (χ2n) is 2.05. The maximum atomic E-state index is 3.67. The van der Waals surface area contributed by atoms with E-state index in [2.05, 4.69) is 26.1 Å². The van der Waals surface area contributed by atoms with E-state index in [4.69, 9.17) is 0 Å². The molecule has 1 heterocycles. The highest BCUT2D eigenvalue weighted by Gasteiger charge is 1.68. The minimum absolute atomic E-state index is 1.26.